The smallest absolute Gasteiger partial charge is 0.254 e. The molecule has 2 aromatic rings. The maximum absolute atomic E-state index is 12.6. The molecule has 5 heteroatoms. The Balaban J connectivity index is 1.77. The van der Waals surface area contributed by atoms with Gasteiger partial charge in [-0.15, -0.1) is 0 Å². The van der Waals surface area contributed by atoms with Crippen LogP contribution < -0.4 is 0 Å². The monoisotopic (exact) mass is 343 g/mol. The van der Waals surface area contributed by atoms with Crippen LogP contribution in [0.2, 0.25) is 0 Å². The number of hydrogen-bond donors (Lipinski definition) is 0. The molecule has 0 spiro atoms. The number of amides is 1. The first-order valence-corrected chi connectivity index (χ1v) is 9.88. The molecule has 4 nitrogen and oxygen atoms in total. The topological polar surface area (TPSA) is 54.5 Å². The average molecular weight is 343 g/mol. The second kappa shape index (κ2) is 7.18. The summed E-state index contributed by atoms with van der Waals surface area (Å²) in [6.07, 6.45) is 2.42. The van der Waals surface area contributed by atoms with Gasteiger partial charge in [-0.3, -0.25) is 4.79 Å². The van der Waals surface area contributed by atoms with Gasteiger partial charge in [-0.2, -0.15) is 0 Å². The lowest BCUT2D eigenvalue weighted by Crippen LogP contribution is -2.28. The molecule has 3 rings (SSSR count). The molecule has 24 heavy (non-hydrogen) atoms. The van der Waals surface area contributed by atoms with Crippen molar-refractivity contribution in [1.29, 1.82) is 0 Å². The standard InChI is InChI=1S/C19H21NO3S/c21-19(20-13-6-7-14-20)18-11-5-4-8-16(18)12-15-24(22,23)17-9-2-1-3-10-17/h1-5,8-11H,6-7,12-15H2. The second-order valence-corrected chi connectivity index (χ2v) is 8.15. The van der Waals surface area contributed by atoms with Crippen LogP contribution in [0.15, 0.2) is 59.5 Å². The summed E-state index contributed by atoms with van der Waals surface area (Å²) in [5.74, 6) is 0.0154. The van der Waals surface area contributed by atoms with Gasteiger partial charge in [0.15, 0.2) is 9.84 Å². The van der Waals surface area contributed by atoms with E-state index in [1.54, 1.807) is 36.4 Å². The Morgan fingerprint density at radius 1 is 0.917 bits per heavy atom. The highest BCUT2D eigenvalue weighted by atomic mass is 32.2. The van der Waals surface area contributed by atoms with Crippen LogP contribution in [0.5, 0.6) is 0 Å². The molecule has 2 aromatic carbocycles. The Kier molecular flexibility index (Phi) is 5.00. The Hall–Kier alpha value is -2.14. The molecule has 1 fully saturated rings. The Labute approximate surface area is 143 Å². The summed E-state index contributed by atoms with van der Waals surface area (Å²) in [4.78, 5) is 14.8. The predicted molar refractivity (Wildman–Crippen MR) is 93.8 cm³/mol. The quantitative estimate of drug-likeness (QED) is 0.839. The Morgan fingerprint density at radius 2 is 1.54 bits per heavy atom. The van der Waals surface area contributed by atoms with Gasteiger partial charge < -0.3 is 4.90 Å². The number of hydrogen-bond acceptors (Lipinski definition) is 3. The van der Waals surface area contributed by atoms with Crippen LogP contribution in [0.25, 0.3) is 0 Å². The van der Waals surface area contributed by atoms with E-state index >= 15 is 0 Å². The van der Waals surface area contributed by atoms with Crippen LogP contribution in [-0.2, 0) is 16.3 Å². The van der Waals surface area contributed by atoms with E-state index in [1.165, 1.54) is 0 Å². The molecule has 0 atom stereocenters. The Morgan fingerprint density at radius 3 is 2.25 bits per heavy atom. The van der Waals surface area contributed by atoms with E-state index in [4.69, 9.17) is 0 Å². The molecule has 0 radical (unpaired) electrons. The zero-order valence-electron chi connectivity index (χ0n) is 13.5. The number of carbonyl (C=O) groups is 1. The van der Waals surface area contributed by atoms with Gasteiger partial charge in [0.2, 0.25) is 0 Å². The molecule has 0 N–H and O–H groups in total. The van der Waals surface area contributed by atoms with Crippen molar-refractivity contribution in [2.75, 3.05) is 18.8 Å². The summed E-state index contributed by atoms with van der Waals surface area (Å²) in [5.41, 5.74) is 1.43. The third kappa shape index (κ3) is 3.67. The summed E-state index contributed by atoms with van der Waals surface area (Å²) < 4.78 is 24.9. The Bertz CT molecular complexity index is 810. The lowest BCUT2D eigenvalue weighted by atomic mass is 10.0. The van der Waals surface area contributed by atoms with Crippen molar-refractivity contribution in [3.63, 3.8) is 0 Å². The van der Waals surface area contributed by atoms with Crippen LogP contribution in [0.4, 0.5) is 0 Å². The summed E-state index contributed by atoms with van der Waals surface area (Å²) in [6, 6.07) is 15.8. The molecule has 1 saturated heterocycles. The van der Waals surface area contributed by atoms with Crippen molar-refractivity contribution < 1.29 is 13.2 Å². The molecule has 126 valence electrons. The zero-order valence-corrected chi connectivity index (χ0v) is 14.3. The largest absolute Gasteiger partial charge is 0.339 e. The number of carbonyl (C=O) groups excluding carboxylic acids is 1. The SMILES string of the molecule is O=C(c1ccccc1CCS(=O)(=O)c1ccccc1)N1CCCC1. The first-order valence-electron chi connectivity index (χ1n) is 8.23. The van der Waals surface area contributed by atoms with Gasteiger partial charge in [-0.1, -0.05) is 36.4 Å². The minimum atomic E-state index is -3.34. The fraction of sp³-hybridized carbons (Fsp3) is 0.316. The molecule has 1 aliphatic rings. The van der Waals surface area contributed by atoms with Gasteiger partial charge in [-0.05, 0) is 43.0 Å². The first-order chi connectivity index (χ1) is 11.6. The minimum Gasteiger partial charge on any atom is -0.339 e. The van der Waals surface area contributed by atoms with Crippen LogP contribution in [-0.4, -0.2) is 38.1 Å². The van der Waals surface area contributed by atoms with Crippen LogP contribution >= 0.6 is 0 Å². The van der Waals surface area contributed by atoms with Gasteiger partial charge in [-0.25, -0.2) is 8.42 Å². The summed E-state index contributed by atoms with van der Waals surface area (Å²) in [7, 11) is -3.34. The lowest BCUT2D eigenvalue weighted by molar-refractivity contribution is 0.0791. The fourth-order valence-electron chi connectivity index (χ4n) is 3.03. The van der Waals surface area contributed by atoms with E-state index < -0.39 is 9.84 Å². The maximum atomic E-state index is 12.6. The third-order valence-corrected chi connectivity index (χ3v) is 6.12. The molecule has 1 heterocycles. The molecule has 0 bridgehead atoms. The molecular weight excluding hydrogens is 322 g/mol. The van der Waals surface area contributed by atoms with E-state index in [0.717, 1.165) is 31.5 Å². The molecule has 0 aromatic heterocycles. The number of sulfone groups is 1. The predicted octanol–water partition coefficient (Wildman–Crippen LogP) is 2.94. The second-order valence-electron chi connectivity index (χ2n) is 6.04. The van der Waals surface area contributed by atoms with Crippen molar-refractivity contribution >= 4 is 15.7 Å². The number of benzene rings is 2. The van der Waals surface area contributed by atoms with Gasteiger partial charge in [0.05, 0.1) is 10.6 Å². The summed E-state index contributed by atoms with van der Waals surface area (Å²) in [6.45, 7) is 1.57. The minimum absolute atomic E-state index is 0.00130. The van der Waals surface area contributed by atoms with Crippen molar-refractivity contribution in [3.05, 3.63) is 65.7 Å². The molecule has 1 amide bonds. The van der Waals surface area contributed by atoms with E-state index in [9.17, 15) is 13.2 Å². The number of rotatable bonds is 5. The molecular formula is C19H21NO3S. The van der Waals surface area contributed by atoms with Crippen LogP contribution in [0, 0.1) is 0 Å². The van der Waals surface area contributed by atoms with E-state index in [2.05, 4.69) is 0 Å². The summed E-state index contributed by atoms with van der Waals surface area (Å²) >= 11 is 0. The van der Waals surface area contributed by atoms with E-state index in [1.807, 2.05) is 23.1 Å². The van der Waals surface area contributed by atoms with Gasteiger partial charge >= 0.3 is 0 Å². The number of nitrogens with zero attached hydrogens (tertiary/aromatic N) is 1. The van der Waals surface area contributed by atoms with Gasteiger partial charge in [0, 0.05) is 18.7 Å². The number of aryl methyl sites for hydroxylation is 1. The zero-order chi connectivity index (χ0) is 17.0. The van der Waals surface area contributed by atoms with Crippen LogP contribution in [0.1, 0.15) is 28.8 Å². The average Bonchev–Trinajstić information content (AvgIpc) is 3.15. The summed E-state index contributed by atoms with van der Waals surface area (Å²) in [5, 5.41) is 0. The van der Waals surface area contributed by atoms with Crippen molar-refractivity contribution in [2.45, 2.75) is 24.2 Å². The highest BCUT2D eigenvalue weighted by molar-refractivity contribution is 7.91. The molecule has 0 aliphatic carbocycles. The third-order valence-electron chi connectivity index (χ3n) is 4.38. The van der Waals surface area contributed by atoms with Crippen molar-refractivity contribution in [1.82, 2.24) is 4.90 Å². The lowest BCUT2D eigenvalue weighted by Gasteiger charge is -2.17. The van der Waals surface area contributed by atoms with Gasteiger partial charge in [0.25, 0.3) is 5.91 Å². The maximum Gasteiger partial charge on any atom is 0.254 e. The normalized spacial score (nSPS) is 14.8. The van der Waals surface area contributed by atoms with E-state index in [0.29, 0.717) is 16.9 Å². The van der Waals surface area contributed by atoms with E-state index in [-0.39, 0.29) is 11.7 Å². The highest BCUT2D eigenvalue weighted by Crippen LogP contribution is 2.19. The number of likely N-dealkylation sites (tertiary alicyclic amines) is 1. The fourth-order valence-corrected chi connectivity index (χ4v) is 4.32. The van der Waals surface area contributed by atoms with Crippen LogP contribution in [0.3, 0.4) is 0 Å². The molecule has 1 aliphatic heterocycles. The van der Waals surface area contributed by atoms with Crippen molar-refractivity contribution in [2.24, 2.45) is 0 Å². The van der Waals surface area contributed by atoms with Crippen molar-refractivity contribution in [3.8, 4) is 0 Å². The molecule has 0 unspecified atom stereocenters. The first kappa shape index (κ1) is 16.7. The highest BCUT2D eigenvalue weighted by Gasteiger charge is 2.22. The molecule has 0 saturated carbocycles. The van der Waals surface area contributed by atoms with Gasteiger partial charge in [0.1, 0.15) is 0 Å².